The second kappa shape index (κ2) is 8.37. The number of likely N-dealkylation sites (N-methyl/N-ethyl adjacent to an activating group) is 1. The van der Waals surface area contributed by atoms with E-state index in [-0.39, 0.29) is 5.91 Å². The van der Waals surface area contributed by atoms with Gasteiger partial charge in [0.05, 0.1) is 19.6 Å². The van der Waals surface area contributed by atoms with Crippen molar-refractivity contribution in [2.45, 2.75) is 13.0 Å². The molecule has 1 saturated heterocycles. The Morgan fingerprint density at radius 1 is 1.12 bits per heavy atom. The molecule has 0 atom stereocenters. The van der Waals surface area contributed by atoms with Gasteiger partial charge in [-0.25, -0.2) is 0 Å². The third-order valence-electron chi connectivity index (χ3n) is 4.46. The Morgan fingerprint density at radius 3 is 2.48 bits per heavy atom. The molecule has 0 bridgehead atoms. The highest BCUT2D eigenvalue weighted by molar-refractivity contribution is 6.31. The number of morpholine rings is 1. The highest BCUT2D eigenvalue weighted by atomic mass is 35.5. The fraction of sp³-hybridized carbons (Fsp3) is 0.350. The molecule has 0 radical (unpaired) electrons. The largest absolute Gasteiger partial charge is 0.378 e. The van der Waals surface area contributed by atoms with Crippen LogP contribution in [0.5, 0.6) is 0 Å². The molecule has 2 aromatic rings. The van der Waals surface area contributed by atoms with Crippen molar-refractivity contribution in [3.8, 4) is 0 Å². The maximum absolute atomic E-state index is 12.4. The molecule has 1 heterocycles. The van der Waals surface area contributed by atoms with E-state index < -0.39 is 0 Å². The number of nitrogens with zero attached hydrogens (tertiary/aromatic N) is 2. The summed E-state index contributed by atoms with van der Waals surface area (Å²) < 4.78 is 5.39. The van der Waals surface area contributed by atoms with Crippen molar-refractivity contribution in [1.82, 2.24) is 4.90 Å². The number of carbonyl (C=O) groups is 1. The van der Waals surface area contributed by atoms with Gasteiger partial charge in [-0.15, -0.1) is 0 Å². The lowest BCUT2D eigenvalue weighted by Gasteiger charge is -2.29. The molecule has 1 fully saturated rings. The smallest absolute Gasteiger partial charge is 0.227 e. The minimum atomic E-state index is 0.0605. The van der Waals surface area contributed by atoms with E-state index in [1.54, 1.807) is 4.90 Å². The van der Waals surface area contributed by atoms with Crippen molar-refractivity contribution in [2.24, 2.45) is 0 Å². The third kappa shape index (κ3) is 4.74. The van der Waals surface area contributed by atoms with E-state index in [4.69, 9.17) is 16.3 Å². The van der Waals surface area contributed by atoms with E-state index in [1.807, 2.05) is 31.3 Å². The highest BCUT2D eigenvalue weighted by Gasteiger charge is 2.13. The van der Waals surface area contributed by atoms with Crippen molar-refractivity contribution < 1.29 is 9.53 Å². The summed E-state index contributed by atoms with van der Waals surface area (Å²) in [5, 5.41) is 0.638. The van der Waals surface area contributed by atoms with Gasteiger partial charge in [0.15, 0.2) is 0 Å². The summed E-state index contributed by atoms with van der Waals surface area (Å²) in [6, 6.07) is 15.9. The molecule has 0 unspecified atom stereocenters. The molecule has 0 N–H and O–H groups in total. The van der Waals surface area contributed by atoms with Crippen LogP contribution < -0.4 is 4.90 Å². The second-order valence-corrected chi connectivity index (χ2v) is 6.69. The molecule has 0 aromatic heterocycles. The zero-order valence-corrected chi connectivity index (χ0v) is 15.2. The van der Waals surface area contributed by atoms with Gasteiger partial charge in [-0.1, -0.05) is 41.9 Å². The van der Waals surface area contributed by atoms with E-state index in [0.717, 1.165) is 37.4 Å². The number of hydrogen-bond acceptors (Lipinski definition) is 3. The molecule has 1 aliphatic rings. The predicted octanol–water partition coefficient (Wildman–Crippen LogP) is 3.38. The van der Waals surface area contributed by atoms with Gasteiger partial charge in [0.1, 0.15) is 0 Å². The van der Waals surface area contributed by atoms with Crippen LogP contribution in [-0.2, 0) is 22.5 Å². The zero-order chi connectivity index (χ0) is 17.6. The molecule has 0 aliphatic carbocycles. The summed E-state index contributed by atoms with van der Waals surface area (Å²) in [5.41, 5.74) is 3.19. The van der Waals surface area contributed by atoms with Gasteiger partial charge in [-0.05, 0) is 29.3 Å². The standard InChI is InChI=1S/C20H23ClN2O2/c1-22(20(24)14-17-4-2-3-5-19(17)21)15-16-6-8-18(9-7-16)23-10-12-25-13-11-23/h2-9H,10-15H2,1H3. The van der Waals surface area contributed by atoms with Gasteiger partial charge in [0, 0.05) is 37.4 Å². The lowest BCUT2D eigenvalue weighted by molar-refractivity contribution is -0.129. The molecule has 132 valence electrons. The lowest BCUT2D eigenvalue weighted by atomic mass is 10.1. The Bertz CT molecular complexity index is 712. The fourth-order valence-corrected chi connectivity index (χ4v) is 3.14. The van der Waals surface area contributed by atoms with E-state index in [1.165, 1.54) is 5.69 Å². The van der Waals surface area contributed by atoms with Crippen LogP contribution in [0.1, 0.15) is 11.1 Å². The van der Waals surface area contributed by atoms with Crippen LogP contribution in [-0.4, -0.2) is 44.2 Å². The SMILES string of the molecule is CN(Cc1ccc(N2CCOCC2)cc1)C(=O)Cc1ccccc1Cl. The molecule has 3 rings (SSSR count). The van der Waals surface area contributed by atoms with Crippen molar-refractivity contribution in [2.75, 3.05) is 38.3 Å². The van der Waals surface area contributed by atoms with Gasteiger partial charge in [0.2, 0.25) is 5.91 Å². The van der Waals surface area contributed by atoms with Crippen molar-refractivity contribution in [1.29, 1.82) is 0 Å². The number of rotatable bonds is 5. The Morgan fingerprint density at radius 2 is 1.80 bits per heavy atom. The maximum Gasteiger partial charge on any atom is 0.227 e. The predicted molar refractivity (Wildman–Crippen MR) is 101 cm³/mol. The van der Waals surface area contributed by atoms with E-state index in [0.29, 0.717) is 18.0 Å². The molecular formula is C20H23ClN2O2. The van der Waals surface area contributed by atoms with E-state index in [9.17, 15) is 4.79 Å². The summed E-state index contributed by atoms with van der Waals surface area (Å²) in [6.45, 7) is 4.00. The zero-order valence-electron chi connectivity index (χ0n) is 14.5. The van der Waals surface area contributed by atoms with E-state index in [2.05, 4.69) is 29.2 Å². The molecular weight excluding hydrogens is 336 g/mol. The van der Waals surface area contributed by atoms with Gasteiger partial charge < -0.3 is 14.5 Å². The number of hydrogen-bond donors (Lipinski definition) is 0. The van der Waals surface area contributed by atoms with Crippen molar-refractivity contribution >= 4 is 23.2 Å². The van der Waals surface area contributed by atoms with Crippen LogP contribution in [0.2, 0.25) is 5.02 Å². The van der Waals surface area contributed by atoms with E-state index >= 15 is 0 Å². The molecule has 1 aliphatic heterocycles. The fourth-order valence-electron chi connectivity index (χ4n) is 2.94. The van der Waals surface area contributed by atoms with Gasteiger partial charge in [0.25, 0.3) is 0 Å². The Balaban J connectivity index is 1.57. The number of amides is 1. The van der Waals surface area contributed by atoms with Crippen LogP contribution in [0, 0.1) is 0 Å². The van der Waals surface area contributed by atoms with Crippen LogP contribution in [0.25, 0.3) is 0 Å². The van der Waals surface area contributed by atoms with Gasteiger partial charge in [-0.2, -0.15) is 0 Å². The van der Waals surface area contributed by atoms with Gasteiger partial charge >= 0.3 is 0 Å². The second-order valence-electron chi connectivity index (χ2n) is 6.28. The number of anilines is 1. The molecule has 1 amide bonds. The van der Waals surface area contributed by atoms with Crippen LogP contribution in [0.3, 0.4) is 0 Å². The average molecular weight is 359 g/mol. The number of benzene rings is 2. The van der Waals surface area contributed by atoms with Crippen LogP contribution >= 0.6 is 11.6 Å². The van der Waals surface area contributed by atoms with Crippen LogP contribution in [0.4, 0.5) is 5.69 Å². The number of ether oxygens (including phenoxy) is 1. The molecule has 0 spiro atoms. The first kappa shape index (κ1) is 17.8. The summed E-state index contributed by atoms with van der Waals surface area (Å²) in [7, 11) is 1.83. The molecule has 25 heavy (non-hydrogen) atoms. The number of halogens is 1. The Kier molecular flexibility index (Phi) is 5.95. The molecule has 5 heteroatoms. The summed E-state index contributed by atoms with van der Waals surface area (Å²) in [5.74, 6) is 0.0605. The first-order chi connectivity index (χ1) is 12.1. The monoisotopic (exact) mass is 358 g/mol. The van der Waals surface area contributed by atoms with Crippen molar-refractivity contribution in [3.63, 3.8) is 0 Å². The summed E-state index contributed by atoms with van der Waals surface area (Å²) in [4.78, 5) is 16.5. The van der Waals surface area contributed by atoms with Crippen molar-refractivity contribution in [3.05, 3.63) is 64.7 Å². The molecule has 4 nitrogen and oxygen atoms in total. The topological polar surface area (TPSA) is 32.8 Å². The first-order valence-corrected chi connectivity index (χ1v) is 8.90. The first-order valence-electron chi connectivity index (χ1n) is 8.52. The average Bonchev–Trinajstić information content (AvgIpc) is 2.65. The minimum Gasteiger partial charge on any atom is -0.378 e. The highest BCUT2D eigenvalue weighted by Crippen LogP contribution is 2.19. The lowest BCUT2D eigenvalue weighted by Crippen LogP contribution is -2.36. The third-order valence-corrected chi connectivity index (χ3v) is 4.83. The summed E-state index contributed by atoms with van der Waals surface area (Å²) in [6.07, 6.45) is 0.321. The molecule has 2 aromatic carbocycles. The Hall–Kier alpha value is -2.04. The maximum atomic E-state index is 12.4. The normalized spacial score (nSPS) is 14.4. The van der Waals surface area contributed by atoms with Gasteiger partial charge in [-0.3, -0.25) is 4.79 Å². The van der Waals surface area contributed by atoms with Crippen LogP contribution in [0.15, 0.2) is 48.5 Å². The Labute approximate surface area is 154 Å². The molecule has 0 saturated carbocycles. The quantitative estimate of drug-likeness (QED) is 0.821. The number of carbonyl (C=O) groups excluding carboxylic acids is 1. The summed E-state index contributed by atoms with van der Waals surface area (Å²) >= 11 is 6.14. The minimum absolute atomic E-state index is 0.0605.